The van der Waals surface area contributed by atoms with E-state index in [9.17, 15) is 9.59 Å². The van der Waals surface area contributed by atoms with E-state index in [1.165, 1.54) is 0 Å². The zero-order chi connectivity index (χ0) is 13.9. The van der Waals surface area contributed by atoms with Gasteiger partial charge in [0, 0.05) is 12.2 Å². The number of H-pyrrole nitrogens is 1. The summed E-state index contributed by atoms with van der Waals surface area (Å²) in [7, 11) is 0. The molecule has 1 aliphatic rings. The summed E-state index contributed by atoms with van der Waals surface area (Å²) in [4.78, 5) is 26.7. The molecule has 20 heavy (non-hydrogen) atoms. The summed E-state index contributed by atoms with van der Waals surface area (Å²) in [6.45, 7) is 0.420. The van der Waals surface area contributed by atoms with Crippen LogP contribution in [0.1, 0.15) is 40.4 Å². The molecule has 2 aromatic rings. The van der Waals surface area contributed by atoms with Crippen molar-refractivity contribution < 1.29 is 4.79 Å². The molecule has 4 heteroatoms. The summed E-state index contributed by atoms with van der Waals surface area (Å²) in [5, 5.41) is 2.76. The average Bonchev–Trinajstić information content (AvgIpc) is 3.30. The van der Waals surface area contributed by atoms with E-state index < -0.39 is 0 Å². The van der Waals surface area contributed by atoms with Crippen LogP contribution in [-0.2, 0) is 6.54 Å². The van der Waals surface area contributed by atoms with Crippen molar-refractivity contribution in [3.63, 3.8) is 0 Å². The summed E-state index contributed by atoms with van der Waals surface area (Å²) < 4.78 is 0. The summed E-state index contributed by atoms with van der Waals surface area (Å²) >= 11 is 0. The molecule has 1 fully saturated rings. The minimum Gasteiger partial charge on any atom is -0.348 e. The van der Waals surface area contributed by atoms with Gasteiger partial charge in [-0.3, -0.25) is 9.59 Å². The normalized spacial score (nSPS) is 14.0. The fourth-order valence-electron chi connectivity index (χ4n) is 2.17. The monoisotopic (exact) mass is 268 g/mol. The van der Waals surface area contributed by atoms with Crippen molar-refractivity contribution in [1.29, 1.82) is 0 Å². The predicted molar refractivity (Wildman–Crippen MR) is 76.6 cm³/mol. The van der Waals surface area contributed by atoms with Crippen LogP contribution in [0.25, 0.3) is 0 Å². The molecule has 0 unspecified atom stereocenters. The lowest BCUT2D eigenvalue weighted by Gasteiger charge is -2.05. The van der Waals surface area contributed by atoms with Crippen molar-refractivity contribution in [2.45, 2.75) is 25.3 Å². The highest BCUT2D eigenvalue weighted by atomic mass is 16.2. The lowest BCUT2D eigenvalue weighted by atomic mass is 10.2. The third kappa shape index (κ3) is 2.79. The van der Waals surface area contributed by atoms with E-state index in [4.69, 9.17) is 0 Å². The molecular weight excluding hydrogens is 252 g/mol. The molecular formula is C16H16N2O2. The minimum absolute atomic E-state index is 0.172. The largest absolute Gasteiger partial charge is 0.348 e. The predicted octanol–water partition coefficient (Wildman–Crippen LogP) is 2.18. The van der Waals surface area contributed by atoms with Crippen LogP contribution in [0.15, 0.2) is 47.3 Å². The van der Waals surface area contributed by atoms with E-state index in [1.54, 1.807) is 6.07 Å². The van der Waals surface area contributed by atoms with Gasteiger partial charge < -0.3 is 10.3 Å². The van der Waals surface area contributed by atoms with Gasteiger partial charge >= 0.3 is 0 Å². The summed E-state index contributed by atoms with van der Waals surface area (Å²) in [6, 6.07) is 13.1. The van der Waals surface area contributed by atoms with Crippen LogP contribution in [0.3, 0.4) is 0 Å². The van der Waals surface area contributed by atoms with Gasteiger partial charge in [-0.05, 0) is 36.5 Å². The molecule has 1 saturated carbocycles. The quantitative estimate of drug-likeness (QED) is 0.892. The zero-order valence-corrected chi connectivity index (χ0v) is 11.1. The molecule has 3 rings (SSSR count). The average molecular weight is 268 g/mol. The maximum Gasteiger partial charge on any atom is 0.261 e. The first-order chi connectivity index (χ1) is 9.74. The second-order valence-electron chi connectivity index (χ2n) is 5.10. The van der Waals surface area contributed by atoms with E-state index >= 15 is 0 Å². The van der Waals surface area contributed by atoms with Crippen molar-refractivity contribution in [1.82, 2.24) is 10.3 Å². The highest BCUT2D eigenvalue weighted by molar-refractivity contribution is 5.93. The summed E-state index contributed by atoms with van der Waals surface area (Å²) in [5.41, 5.74) is 1.81. The molecule has 0 bridgehead atoms. The Morgan fingerprint density at radius 2 is 1.90 bits per heavy atom. The molecule has 0 atom stereocenters. The maximum atomic E-state index is 12.0. The molecule has 0 saturated heterocycles. The second kappa shape index (κ2) is 5.33. The lowest BCUT2D eigenvalue weighted by molar-refractivity contribution is 0.0949. The Hall–Kier alpha value is -2.36. The molecule has 0 aliphatic heterocycles. The Labute approximate surface area is 116 Å². The summed E-state index contributed by atoms with van der Waals surface area (Å²) in [5.74, 6) is 0.140. The molecule has 102 valence electrons. The third-order valence-electron chi connectivity index (χ3n) is 3.49. The van der Waals surface area contributed by atoms with Crippen LogP contribution in [0.2, 0.25) is 0 Å². The zero-order valence-electron chi connectivity index (χ0n) is 11.1. The number of pyridine rings is 1. The highest BCUT2D eigenvalue weighted by Gasteiger charge is 2.25. The number of rotatable bonds is 4. The van der Waals surface area contributed by atoms with Crippen LogP contribution in [0.5, 0.6) is 0 Å². The van der Waals surface area contributed by atoms with Gasteiger partial charge in [0.15, 0.2) is 0 Å². The lowest BCUT2D eigenvalue weighted by Crippen LogP contribution is -2.29. The third-order valence-corrected chi connectivity index (χ3v) is 3.49. The summed E-state index contributed by atoms with van der Waals surface area (Å²) in [6.07, 6.45) is 2.24. The molecule has 1 heterocycles. The smallest absolute Gasteiger partial charge is 0.261 e. The number of aromatic nitrogens is 1. The number of benzene rings is 1. The fraction of sp³-hybridized carbons (Fsp3) is 0.250. The van der Waals surface area contributed by atoms with Gasteiger partial charge in [-0.25, -0.2) is 0 Å². The van der Waals surface area contributed by atoms with E-state index in [0.717, 1.165) is 24.1 Å². The molecule has 1 aromatic heterocycles. The van der Waals surface area contributed by atoms with Gasteiger partial charge in [0.1, 0.15) is 5.56 Å². The highest BCUT2D eigenvalue weighted by Crippen LogP contribution is 2.38. The van der Waals surface area contributed by atoms with Crippen molar-refractivity contribution in [2.24, 2.45) is 0 Å². The van der Waals surface area contributed by atoms with Crippen LogP contribution >= 0.6 is 0 Å². The van der Waals surface area contributed by atoms with E-state index in [1.807, 2.05) is 36.4 Å². The Balaban J connectivity index is 1.69. The fourth-order valence-corrected chi connectivity index (χ4v) is 2.17. The molecule has 0 spiro atoms. The topological polar surface area (TPSA) is 62.0 Å². The first-order valence-corrected chi connectivity index (χ1v) is 6.79. The van der Waals surface area contributed by atoms with Gasteiger partial charge in [0.05, 0.1) is 0 Å². The second-order valence-corrected chi connectivity index (χ2v) is 5.10. The maximum absolute atomic E-state index is 12.0. The molecule has 1 amide bonds. The van der Waals surface area contributed by atoms with Crippen molar-refractivity contribution >= 4 is 5.91 Å². The van der Waals surface area contributed by atoms with E-state index in [2.05, 4.69) is 10.3 Å². The Morgan fingerprint density at radius 1 is 1.15 bits per heavy atom. The molecule has 0 radical (unpaired) electrons. The number of nitrogens with one attached hydrogen (secondary N) is 2. The minimum atomic E-state index is -0.336. The van der Waals surface area contributed by atoms with E-state index in [0.29, 0.717) is 12.5 Å². The van der Waals surface area contributed by atoms with Crippen LogP contribution < -0.4 is 10.9 Å². The molecule has 2 N–H and O–H groups in total. The van der Waals surface area contributed by atoms with Gasteiger partial charge in [-0.2, -0.15) is 0 Å². The van der Waals surface area contributed by atoms with Crippen molar-refractivity contribution in [3.05, 3.63) is 69.6 Å². The number of hydrogen-bond donors (Lipinski definition) is 2. The SMILES string of the molecule is O=C(NCc1ccccc1)c1ccc(C2CC2)[nH]c1=O. The standard InChI is InChI=1S/C16H16N2O2/c19-15(17-10-11-4-2-1-3-5-11)13-8-9-14(12-6-7-12)18-16(13)20/h1-5,8-9,12H,6-7,10H2,(H,17,19)(H,18,20). The Bertz CT molecular complexity index is 672. The van der Waals surface area contributed by atoms with Gasteiger partial charge in [-0.15, -0.1) is 0 Å². The number of carbonyl (C=O) groups is 1. The number of carbonyl (C=O) groups excluding carboxylic acids is 1. The Morgan fingerprint density at radius 3 is 2.55 bits per heavy atom. The van der Waals surface area contributed by atoms with Crippen LogP contribution in [0, 0.1) is 0 Å². The van der Waals surface area contributed by atoms with Crippen molar-refractivity contribution in [2.75, 3.05) is 0 Å². The molecule has 1 aliphatic carbocycles. The van der Waals surface area contributed by atoms with Gasteiger partial charge in [0.2, 0.25) is 0 Å². The van der Waals surface area contributed by atoms with E-state index in [-0.39, 0.29) is 17.0 Å². The van der Waals surface area contributed by atoms with Crippen LogP contribution in [-0.4, -0.2) is 10.9 Å². The number of amides is 1. The molecule has 1 aromatic carbocycles. The van der Waals surface area contributed by atoms with Gasteiger partial charge in [0.25, 0.3) is 11.5 Å². The first kappa shape index (κ1) is 12.7. The van der Waals surface area contributed by atoms with Gasteiger partial charge in [-0.1, -0.05) is 30.3 Å². The number of hydrogen-bond acceptors (Lipinski definition) is 2. The van der Waals surface area contributed by atoms with Crippen molar-refractivity contribution in [3.8, 4) is 0 Å². The number of aromatic amines is 1. The van der Waals surface area contributed by atoms with Crippen LogP contribution in [0.4, 0.5) is 0 Å². The molecule has 4 nitrogen and oxygen atoms in total. The first-order valence-electron chi connectivity index (χ1n) is 6.79. The Kier molecular flexibility index (Phi) is 3.37.